The van der Waals surface area contributed by atoms with Crippen molar-refractivity contribution < 1.29 is 18.8 Å². The number of aryl methyl sites for hydroxylation is 1. The normalized spacial score (nSPS) is 19.1. The zero-order valence-electron chi connectivity index (χ0n) is 16.3. The number of carbonyl (C=O) groups is 3. The molecule has 0 bridgehead atoms. The third kappa shape index (κ3) is 3.68. The Labute approximate surface area is 169 Å². The van der Waals surface area contributed by atoms with E-state index in [2.05, 4.69) is 10.2 Å². The van der Waals surface area contributed by atoms with Crippen molar-refractivity contribution in [2.24, 2.45) is 0 Å². The fourth-order valence-electron chi connectivity index (χ4n) is 3.75. The van der Waals surface area contributed by atoms with Crippen LogP contribution in [0.5, 0.6) is 0 Å². The summed E-state index contributed by atoms with van der Waals surface area (Å²) >= 11 is 0. The first-order valence-electron chi connectivity index (χ1n) is 9.92. The smallest absolute Gasteiger partial charge is 0.335 e. The number of rotatable bonds is 4. The number of hydrogen-bond acceptors (Lipinski definition) is 5. The van der Waals surface area contributed by atoms with E-state index < -0.39 is 17.8 Å². The largest absolute Gasteiger partial charge is 0.441 e. The number of piperidine rings is 1. The maximum absolute atomic E-state index is 13.1. The zero-order valence-corrected chi connectivity index (χ0v) is 16.3. The molecule has 2 aliphatic rings. The van der Waals surface area contributed by atoms with Gasteiger partial charge in [-0.25, -0.2) is 9.69 Å². The van der Waals surface area contributed by atoms with E-state index in [4.69, 9.17) is 4.42 Å². The molecule has 0 unspecified atom stereocenters. The van der Waals surface area contributed by atoms with Gasteiger partial charge in [-0.15, -0.1) is 0 Å². The molecule has 0 aliphatic carbocycles. The number of para-hydroxylation sites is 1. The van der Waals surface area contributed by atoms with Crippen LogP contribution in [0.2, 0.25) is 0 Å². The van der Waals surface area contributed by atoms with Crippen LogP contribution in [-0.2, 0) is 16.0 Å². The molecular weight excluding hydrogens is 370 g/mol. The monoisotopic (exact) mass is 393 g/mol. The molecule has 2 aliphatic heterocycles. The molecule has 0 radical (unpaired) electrons. The quantitative estimate of drug-likeness (QED) is 0.635. The Kier molecular flexibility index (Phi) is 5.20. The van der Waals surface area contributed by atoms with E-state index in [0.29, 0.717) is 17.9 Å². The predicted molar refractivity (Wildman–Crippen MR) is 110 cm³/mol. The first-order chi connectivity index (χ1) is 14.1. The summed E-state index contributed by atoms with van der Waals surface area (Å²) in [5.74, 6) is -0.247. The standard InChI is InChI=1S/C22H23N3O4/c1-2-15-8-4-5-9-18(15)25-21(27)17(20(26)23-22(25)28)14-16-10-11-19(29-16)24-12-6-3-7-13-24/h4-5,8-11,14H,2-3,6-7,12-13H2,1H3,(H,23,26,28). The molecule has 2 fully saturated rings. The minimum absolute atomic E-state index is 0.130. The van der Waals surface area contributed by atoms with Crippen LogP contribution in [0, 0.1) is 0 Å². The summed E-state index contributed by atoms with van der Waals surface area (Å²) in [6, 6.07) is 9.99. The first-order valence-corrected chi connectivity index (χ1v) is 9.92. The Morgan fingerprint density at radius 1 is 1.03 bits per heavy atom. The van der Waals surface area contributed by atoms with Crippen LogP contribution in [0.1, 0.15) is 37.5 Å². The average Bonchev–Trinajstić information content (AvgIpc) is 3.21. The summed E-state index contributed by atoms with van der Waals surface area (Å²) in [7, 11) is 0. The van der Waals surface area contributed by atoms with Crippen LogP contribution < -0.4 is 15.1 Å². The summed E-state index contributed by atoms with van der Waals surface area (Å²) in [5.41, 5.74) is 1.19. The zero-order chi connectivity index (χ0) is 20.4. The lowest BCUT2D eigenvalue weighted by molar-refractivity contribution is -0.122. The average molecular weight is 393 g/mol. The Bertz CT molecular complexity index is 985. The molecule has 4 rings (SSSR count). The third-order valence-corrected chi connectivity index (χ3v) is 5.28. The van der Waals surface area contributed by atoms with E-state index in [-0.39, 0.29) is 5.57 Å². The second-order valence-corrected chi connectivity index (χ2v) is 7.16. The Morgan fingerprint density at radius 3 is 2.55 bits per heavy atom. The number of amides is 4. The van der Waals surface area contributed by atoms with Crippen molar-refractivity contribution in [2.75, 3.05) is 22.9 Å². The van der Waals surface area contributed by atoms with Crippen LogP contribution in [0.15, 0.2) is 46.4 Å². The summed E-state index contributed by atoms with van der Waals surface area (Å²) in [4.78, 5) is 41.0. The van der Waals surface area contributed by atoms with Crippen molar-refractivity contribution >= 4 is 35.5 Å². The lowest BCUT2D eigenvalue weighted by Gasteiger charge is -2.27. The van der Waals surface area contributed by atoms with Crippen LogP contribution in [-0.4, -0.2) is 30.9 Å². The van der Waals surface area contributed by atoms with E-state index >= 15 is 0 Å². The number of imide groups is 2. The molecule has 1 N–H and O–H groups in total. The van der Waals surface area contributed by atoms with Gasteiger partial charge in [0.25, 0.3) is 11.8 Å². The summed E-state index contributed by atoms with van der Waals surface area (Å²) in [5, 5.41) is 2.26. The summed E-state index contributed by atoms with van der Waals surface area (Å²) < 4.78 is 5.85. The van der Waals surface area contributed by atoms with E-state index in [9.17, 15) is 14.4 Å². The molecule has 2 saturated heterocycles. The van der Waals surface area contributed by atoms with Crippen molar-refractivity contribution in [1.29, 1.82) is 0 Å². The van der Waals surface area contributed by atoms with Crippen molar-refractivity contribution in [3.05, 3.63) is 53.3 Å². The molecule has 0 atom stereocenters. The van der Waals surface area contributed by atoms with Gasteiger partial charge in [0.1, 0.15) is 11.3 Å². The number of benzene rings is 1. The van der Waals surface area contributed by atoms with Crippen LogP contribution in [0.4, 0.5) is 16.4 Å². The van der Waals surface area contributed by atoms with Crippen LogP contribution in [0.25, 0.3) is 6.08 Å². The highest BCUT2D eigenvalue weighted by Gasteiger charge is 2.37. The van der Waals surface area contributed by atoms with Gasteiger partial charge in [-0.3, -0.25) is 14.9 Å². The van der Waals surface area contributed by atoms with Crippen molar-refractivity contribution in [1.82, 2.24) is 5.32 Å². The molecule has 2 aromatic rings. The summed E-state index contributed by atoms with van der Waals surface area (Å²) in [6.07, 6.45) is 5.50. The molecule has 150 valence electrons. The molecule has 7 heteroatoms. The van der Waals surface area contributed by atoms with E-state index in [0.717, 1.165) is 42.3 Å². The molecule has 1 aromatic carbocycles. The van der Waals surface area contributed by atoms with Gasteiger partial charge in [0, 0.05) is 19.2 Å². The first kappa shape index (κ1) is 19.0. The minimum atomic E-state index is -0.744. The number of nitrogens with zero attached hydrogens (tertiary/aromatic N) is 2. The highest BCUT2D eigenvalue weighted by molar-refractivity contribution is 6.39. The van der Waals surface area contributed by atoms with Crippen molar-refractivity contribution in [3.63, 3.8) is 0 Å². The van der Waals surface area contributed by atoms with E-state index in [1.54, 1.807) is 18.2 Å². The predicted octanol–water partition coefficient (Wildman–Crippen LogP) is 3.50. The number of urea groups is 1. The van der Waals surface area contributed by atoms with Crippen molar-refractivity contribution in [2.45, 2.75) is 32.6 Å². The van der Waals surface area contributed by atoms with Crippen LogP contribution in [0.3, 0.4) is 0 Å². The van der Waals surface area contributed by atoms with Gasteiger partial charge < -0.3 is 9.32 Å². The Balaban J connectivity index is 1.64. The fraction of sp³-hybridized carbons (Fsp3) is 0.318. The highest BCUT2D eigenvalue weighted by atomic mass is 16.4. The number of nitrogens with one attached hydrogen (secondary N) is 1. The second-order valence-electron chi connectivity index (χ2n) is 7.16. The fourth-order valence-corrected chi connectivity index (χ4v) is 3.75. The highest BCUT2D eigenvalue weighted by Crippen LogP contribution is 2.27. The number of anilines is 2. The number of furan rings is 1. The lowest BCUT2D eigenvalue weighted by atomic mass is 10.1. The topological polar surface area (TPSA) is 82.9 Å². The molecule has 29 heavy (non-hydrogen) atoms. The maximum atomic E-state index is 13.1. The van der Waals surface area contributed by atoms with Gasteiger partial charge in [-0.05, 0) is 49.5 Å². The second kappa shape index (κ2) is 7.95. The minimum Gasteiger partial charge on any atom is -0.441 e. The number of hydrogen-bond donors (Lipinski definition) is 1. The molecule has 7 nitrogen and oxygen atoms in total. The molecule has 0 saturated carbocycles. The number of barbiturate groups is 1. The lowest BCUT2D eigenvalue weighted by Crippen LogP contribution is -2.54. The van der Waals surface area contributed by atoms with Gasteiger partial charge in [0.05, 0.1) is 5.69 Å². The van der Waals surface area contributed by atoms with E-state index in [1.165, 1.54) is 12.5 Å². The molecule has 4 amide bonds. The molecular formula is C22H23N3O4. The molecule has 3 heterocycles. The van der Waals surface area contributed by atoms with E-state index in [1.807, 2.05) is 25.1 Å². The van der Waals surface area contributed by atoms with Gasteiger partial charge in [0.15, 0.2) is 5.88 Å². The third-order valence-electron chi connectivity index (χ3n) is 5.28. The Hall–Kier alpha value is -3.35. The van der Waals surface area contributed by atoms with Crippen LogP contribution >= 0.6 is 0 Å². The van der Waals surface area contributed by atoms with Crippen molar-refractivity contribution in [3.8, 4) is 0 Å². The van der Waals surface area contributed by atoms with Gasteiger partial charge in [-0.2, -0.15) is 0 Å². The van der Waals surface area contributed by atoms with Gasteiger partial charge in [0.2, 0.25) is 0 Å². The van der Waals surface area contributed by atoms with Gasteiger partial charge in [-0.1, -0.05) is 25.1 Å². The summed E-state index contributed by atoms with van der Waals surface area (Å²) in [6.45, 7) is 3.80. The maximum Gasteiger partial charge on any atom is 0.335 e. The number of carbonyl (C=O) groups excluding carboxylic acids is 3. The molecule has 0 spiro atoms. The van der Waals surface area contributed by atoms with Gasteiger partial charge >= 0.3 is 6.03 Å². The molecule has 1 aromatic heterocycles. The SMILES string of the molecule is CCc1ccccc1N1C(=O)NC(=O)C(=Cc2ccc(N3CCCCC3)o2)C1=O. The Morgan fingerprint density at radius 2 is 1.79 bits per heavy atom.